The van der Waals surface area contributed by atoms with Crippen LogP contribution in [0.2, 0.25) is 0 Å². The van der Waals surface area contributed by atoms with Crippen molar-refractivity contribution in [3.8, 4) is 12.1 Å². The summed E-state index contributed by atoms with van der Waals surface area (Å²) in [4.78, 5) is 9.63. The lowest BCUT2D eigenvalue weighted by Gasteiger charge is -1.88. The number of amides is 1. The fraction of sp³-hybridized carbons (Fsp3) is 0.500. The van der Waals surface area contributed by atoms with Gasteiger partial charge in [0.2, 0.25) is 6.41 Å². The molecule has 4 heteroatoms. The van der Waals surface area contributed by atoms with E-state index in [1.165, 1.54) is 19.4 Å². The van der Waals surface area contributed by atoms with E-state index in [9.17, 15) is 4.79 Å². The van der Waals surface area contributed by atoms with Crippen molar-refractivity contribution in [2.75, 3.05) is 0 Å². The summed E-state index contributed by atoms with van der Waals surface area (Å²) in [5, 5.41) is 17.6. The van der Waals surface area contributed by atoms with Gasteiger partial charge < -0.3 is 5.32 Å². The molecule has 0 aromatic carbocycles. The average Bonchev–Trinajstić information content (AvgIpc) is 2.07. The van der Waals surface area contributed by atoms with E-state index in [-0.39, 0.29) is 0 Å². The first-order valence-electron chi connectivity index (χ1n) is 4.21. The topological polar surface area (TPSA) is 76.7 Å². The molecule has 0 aromatic heterocycles. The lowest BCUT2D eigenvalue weighted by Crippen LogP contribution is -2.05. The van der Waals surface area contributed by atoms with Crippen molar-refractivity contribution in [1.29, 1.82) is 10.5 Å². The van der Waals surface area contributed by atoms with Crippen molar-refractivity contribution in [3.05, 3.63) is 11.8 Å². The molecule has 14 heavy (non-hydrogen) atoms. The molecule has 0 heterocycles. The zero-order chi connectivity index (χ0) is 11.8. The highest BCUT2D eigenvalue weighted by molar-refractivity contribution is 5.49. The summed E-state index contributed by atoms with van der Waals surface area (Å²) in [6.45, 7) is 7.32. The zero-order valence-electron chi connectivity index (χ0n) is 9.16. The van der Waals surface area contributed by atoms with Gasteiger partial charge in [-0.3, -0.25) is 4.79 Å². The van der Waals surface area contributed by atoms with Crippen LogP contribution >= 0.6 is 0 Å². The van der Waals surface area contributed by atoms with Gasteiger partial charge in [-0.1, -0.05) is 20.3 Å². The van der Waals surface area contributed by atoms with Crippen LogP contribution in [-0.4, -0.2) is 6.41 Å². The van der Waals surface area contributed by atoms with Crippen molar-refractivity contribution in [1.82, 2.24) is 5.32 Å². The molecule has 0 aliphatic rings. The molecule has 0 atom stereocenters. The lowest BCUT2D eigenvalue weighted by atomic mass is 10.5. The predicted octanol–water partition coefficient (Wildman–Crippen LogP) is 2.11. The third-order valence-electron chi connectivity index (χ3n) is 0.568. The quantitative estimate of drug-likeness (QED) is 0.541. The van der Waals surface area contributed by atoms with E-state index in [0.717, 1.165) is 0 Å². The molecule has 1 N–H and O–H groups in total. The summed E-state index contributed by atoms with van der Waals surface area (Å²) in [6.07, 6.45) is 3.04. The molecule has 0 fully saturated rings. The first-order chi connectivity index (χ1) is 6.64. The van der Waals surface area contributed by atoms with Crippen LogP contribution in [0, 0.1) is 22.7 Å². The van der Waals surface area contributed by atoms with Crippen LogP contribution < -0.4 is 5.32 Å². The van der Waals surface area contributed by atoms with Crippen LogP contribution in [-0.2, 0) is 4.79 Å². The number of carbonyl (C=O) groups excluding carboxylic acids is 1. The SMILES string of the molecule is C/C(=C\C#N)NC=O.CC#N.CCC. The molecule has 78 valence electrons. The highest BCUT2D eigenvalue weighted by Crippen LogP contribution is 1.79. The Labute approximate surface area is 85.8 Å². The van der Waals surface area contributed by atoms with Gasteiger partial charge in [0.25, 0.3) is 0 Å². The summed E-state index contributed by atoms with van der Waals surface area (Å²) in [6, 6.07) is 3.52. The zero-order valence-corrected chi connectivity index (χ0v) is 9.16. The molecule has 4 nitrogen and oxygen atoms in total. The van der Waals surface area contributed by atoms with Crippen molar-refractivity contribution in [3.63, 3.8) is 0 Å². The van der Waals surface area contributed by atoms with Crippen molar-refractivity contribution in [2.24, 2.45) is 0 Å². The Morgan fingerprint density at radius 2 is 1.79 bits per heavy atom. The standard InChI is InChI=1S/C5H6N2O.C3H8.C2H3N/c1-5(2-3-6)7-4-8;1-3-2;1-2-3/h2,4H,1H3,(H,7,8);3H2,1-2H3;1H3/b5-2+;;. The van der Waals surface area contributed by atoms with E-state index in [1.807, 2.05) is 0 Å². The number of nitriles is 2. The first-order valence-corrected chi connectivity index (χ1v) is 4.21. The number of hydrogen-bond acceptors (Lipinski definition) is 3. The lowest BCUT2D eigenvalue weighted by molar-refractivity contribution is -0.108. The molecule has 0 saturated heterocycles. The average molecular weight is 195 g/mol. The van der Waals surface area contributed by atoms with Gasteiger partial charge >= 0.3 is 0 Å². The van der Waals surface area contributed by atoms with E-state index in [4.69, 9.17) is 10.5 Å². The summed E-state index contributed by atoms with van der Waals surface area (Å²) >= 11 is 0. The number of allylic oxidation sites excluding steroid dienone is 2. The first kappa shape index (κ1) is 18.1. The molecule has 0 rings (SSSR count). The second kappa shape index (κ2) is 22.5. The number of nitrogens with zero attached hydrogens (tertiary/aromatic N) is 2. The van der Waals surface area contributed by atoms with Gasteiger partial charge in [-0.2, -0.15) is 10.5 Å². The number of nitrogens with one attached hydrogen (secondary N) is 1. The minimum absolute atomic E-state index is 0.531. The minimum atomic E-state index is 0.531. The van der Waals surface area contributed by atoms with Gasteiger partial charge in [0.1, 0.15) is 0 Å². The van der Waals surface area contributed by atoms with Gasteiger partial charge in [-0.05, 0) is 6.92 Å². The highest BCUT2D eigenvalue weighted by Gasteiger charge is 1.78. The largest absolute Gasteiger partial charge is 0.332 e. The van der Waals surface area contributed by atoms with Crippen LogP contribution in [0.5, 0.6) is 0 Å². The fourth-order valence-electron chi connectivity index (χ4n) is 0.231. The van der Waals surface area contributed by atoms with E-state index in [0.29, 0.717) is 12.1 Å². The molecule has 0 aromatic rings. The Morgan fingerprint density at radius 3 is 2.00 bits per heavy atom. The van der Waals surface area contributed by atoms with Crippen LogP contribution in [0.3, 0.4) is 0 Å². The van der Waals surface area contributed by atoms with Gasteiger partial charge in [0.05, 0.1) is 12.1 Å². The Kier molecular flexibility index (Phi) is 29.0. The van der Waals surface area contributed by atoms with Crippen LogP contribution in [0.25, 0.3) is 0 Å². The maximum Gasteiger partial charge on any atom is 0.211 e. The van der Waals surface area contributed by atoms with E-state index in [1.54, 1.807) is 19.1 Å². The second-order valence-corrected chi connectivity index (χ2v) is 2.15. The molecule has 0 spiro atoms. The molecule has 0 aliphatic heterocycles. The third-order valence-corrected chi connectivity index (χ3v) is 0.568. The molecule has 1 amide bonds. The van der Waals surface area contributed by atoms with Crippen LogP contribution in [0.15, 0.2) is 11.8 Å². The smallest absolute Gasteiger partial charge is 0.211 e. The van der Waals surface area contributed by atoms with Gasteiger partial charge in [0, 0.05) is 18.7 Å². The highest BCUT2D eigenvalue weighted by atomic mass is 16.1. The van der Waals surface area contributed by atoms with E-state index in [2.05, 4.69) is 19.2 Å². The summed E-state index contributed by atoms with van der Waals surface area (Å²) in [7, 11) is 0. The van der Waals surface area contributed by atoms with Crippen molar-refractivity contribution in [2.45, 2.75) is 34.1 Å². The number of carbonyl (C=O) groups is 1. The maximum absolute atomic E-state index is 9.63. The molecule has 0 saturated carbocycles. The molecular weight excluding hydrogens is 178 g/mol. The maximum atomic E-state index is 9.63. The fourth-order valence-corrected chi connectivity index (χ4v) is 0.231. The number of hydrogen-bond donors (Lipinski definition) is 1. The van der Waals surface area contributed by atoms with Gasteiger partial charge in [0.15, 0.2) is 0 Å². The third kappa shape index (κ3) is 49.0. The summed E-state index contributed by atoms with van der Waals surface area (Å²) in [5.74, 6) is 0. The summed E-state index contributed by atoms with van der Waals surface area (Å²) in [5.41, 5.74) is 0.558. The monoisotopic (exact) mass is 195 g/mol. The normalized spacial score (nSPS) is 7.43. The molecule has 0 unspecified atom stereocenters. The molecule has 0 radical (unpaired) electrons. The molecular formula is C10H17N3O. The Balaban J connectivity index is -0.000000168. The number of rotatable bonds is 2. The van der Waals surface area contributed by atoms with E-state index >= 15 is 0 Å². The predicted molar refractivity (Wildman–Crippen MR) is 55.8 cm³/mol. The Morgan fingerprint density at radius 1 is 1.43 bits per heavy atom. The summed E-state index contributed by atoms with van der Waals surface area (Å²) < 4.78 is 0. The van der Waals surface area contributed by atoms with Crippen molar-refractivity contribution >= 4 is 6.41 Å². The van der Waals surface area contributed by atoms with Crippen LogP contribution in [0.4, 0.5) is 0 Å². The Hall–Kier alpha value is -1.81. The molecule has 0 aliphatic carbocycles. The van der Waals surface area contributed by atoms with Gasteiger partial charge in [-0.15, -0.1) is 0 Å². The Bertz CT molecular complexity index is 221. The minimum Gasteiger partial charge on any atom is -0.332 e. The van der Waals surface area contributed by atoms with Crippen LogP contribution in [0.1, 0.15) is 34.1 Å². The second-order valence-electron chi connectivity index (χ2n) is 2.15. The van der Waals surface area contributed by atoms with Gasteiger partial charge in [-0.25, -0.2) is 0 Å². The molecule has 0 bridgehead atoms. The van der Waals surface area contributed by atoms with Crippen molar-refractivity contribution < 1.29 is 4.79 Å². The van der Waals surface area contributed by atoms with E-state index < -0.39 is 0 Å².